The predicted octanol–water partition coefficient (Wildman–Crippen LogP) is 8.17. The molecule has 1 unspecified atom stereocenters. The zero-order valence-corrected chi connectivity index (χ0v) is 24.3. The molecule has 0 aliphatic heterocycles. The number of unbranched alkanes of at least 4 members (excludes halogenated alkanes) is 11. The molecule has 210 valence electrons. The van der Waals surface area contributed by atoms with E-state index in [-0.39, 0.29) is 0 Å². The molecule has 1 aromatic carbocycles. The third-order valence-electron chi connectivity index (χ3n) is 7.29. The number of aryl methyl sites for hydroxylation is 1. The van der Waals surface area contributed by atoms with Crippen molar-refractivity contribution in [2.24, 2.45) is 0 Å². The number of terminal acetylenes is 1. The lowest BCUT2D eigenvalue weighted by atomic mass is 10.0. The number of nitrogens with one attached hydrogen (secondary N) is 3. The Hall–Kier alpha value is -1.76. The van der Waals surface area contributed by atoms with Crippen LogP contribution in [0.2, 0.25) is 0 Å². The van der Waals surface area contributed by atoms with E-state index in [2.05, 4.69) is 65.7 Å². The van der Waals surface area contributed by atoms with Crippen molar-refractivity contribution in [1.82, 2.24) is 16.0 Å². The molecular weight excluding hydrogens is 450 g/mol. The molecule has 0 aliphatic carbocycles. The standard InChI is InChI=1S/C34H59N3/c1-4-6-7-8-9-10-11-12-13-14-15-16-20-30-37-34(5-2)25-21-28-35-29-22-31-36-32(3)26-27-33-23-18-17-19-24-33/h1,17-19,23-24,34-37H,3,5-16,20-22,25-31H2,2H3. The van der Waals surface area contributed by atoms with E-state index in [0.717, 1.165) is 51.0 Å². The molecule has 3 nitrogen and oxygen atoms in total. The summed E-state index contributed by atoms with van der Waals surface area (Å²) in [7, 11) is 0. The lowest BCUT2D eigenvalue weighted by Crippen LogP contribution is -2.30. The largest absolute Gasteiger partial charge is 0.389 e. The predicted molar refractivity (Wildman–Crippen MR) is 165 cm³/mol. The van der Waals surface area contributed by atoms with Gasteiger partial charge in [-0.3, -0.25) is 0 Å². The number of allylic oxidation sites excluding steroid dienone is 1. The van der Waals surface area contributed by atoms with Gasteiger partial charge < -0.3 is 16.0 Å². The van der Waals surface area contributed by atoms with Gasteiger partial charge in [-0.1, -0.05) is 102 Å². The van der Waals surface area contributed by atoms with Crippen LogP contribution in [0.25, 0.3) is 0 Å². The topological polar surface area (TPSA) is 36.1 Å². The van der Waals surface area contributed by atoms with Crippen molar-refractivity contribution in [3.8, 4) is 12.3 Å². The Morgan fingerprint density at radius 3 is 2.05 bits per heavy atom. The molecule has 0 amide bonds. The van der Waals surface area contributed by atoms with Gasteiger partial charge in [-0.15, -0.1) is 12.3 Å². The van der Waals surface area contributed by atoms with Gasteiger partial charge in [0, 0.05) is 24.7 Å². The van der Waals surface area contributed by atoms with Crippen LogP contribution in [0.3, 0.4) is 0 Å². The van der Waals surface area contributed by atoms with E-state index in [1.165, 1.54) is 102 Å². The Morgan fingerprint density at radius 2 is 1.41 bits per heavy atom. The third kappa shape index (κ3) is 22.0. The van der Waals surface area contributed by atoms with Gasteiger partial charge in [0.05, 0.1) is 0 Å². The third-order valence-corrected chi connectivity index (χ3v) is 7.29. The fraction of sp³-hybridized carbons (Fsp3) is 0.706. The van der Waals surface area contributed by atoms with E-state index in [1.807, 2.05) is 0 Å². The molecule has 3 N–H and O–H groups in total. The number of benzene rings is 1. The Labute approximate surface area is 231 Å². The first-order valence-corrected chi connectivity index (χ1v) is 15.6. The highest BCUT2D eigenvalue weighted by Crippen LogP contribution is 2.12. The smallest absolute Gasteiger partial charge is 0.0155 e. The molecular formula is C34H59N3. The van der Waals surface area contributed by atoms with Crippen LogP contribution in [0.5, 0.6) is 0 Å². The summed E-state index contributed by atoms with van der Waals surface area (Å²) >= 11 is 0. The second-order valence-corrected chi connectivity index (χ2v) is 10.7. The lowest BCUT2D eigenvalue weighted by Gasteiger charge is -2.17. The molecule has 0 fully saturated rings. The van der Waals surface area contributed by atoms with Gasteiger partial charge in [-0.2, -0.15) is 0 Å². The van der Waals surface area contributed by atoms with E-state index in [4.69, 9.17) is 6.42 Å². The second kappa shape index (κ2) is 25.9. The van der Waals surface area contributed by atoms with Crippen LogP contribution >= 0.6 is 0 Å². The summed E-state index contributed by atoms with van der Waals surface area (Å²) < 4.78 is 0. The maximum absolute atomic E-state index is 5.30. The first-order valence-electron chi connectivity index (χ1n) is 15.6. The van der Waals surface area contributed by atoms with Crippen LogP contribution < -0.4 is 16.0 Å². The van der Waals surface area contributed by atoms with Crippen LogP contribution in [0.4, 0.5) is 0 Å². The highest BCUT2D eigenvalue weighted by atomic mass is 14.9. The minimum atomic E-state index is 0.678. The maximum atomic E-state index is 5.30. The summed E-state index contributed by atoms with van der Waals surface area (Å²) in [5, 5.41) is 10.9. The summed E-state index contributed by atoms with van der Waals surface area (Å²) in [6, 6.07) is 11.3. The van der Waals surface area contributed by atoms with E-state index in [1.54, 1.807) is 0 Å². The van der Waals surface area contributed by atoms with Gasteiger partial charge in [0.15, 0.2) is 0 Å². The van der Waals surface area contributed by atoms with E-state index in [0.29, 0.717) is 6.04 Å². The summed E-state index contributed by atoms with van der Waals surface area (Å²) in [5.74, 6) is 2.73. The zero-order chi connectivity index (χ0) is 26.7. The Bertz CT molecular complexity index is 663. The number of hydrogen-bond donors (Lipinski definition) is 3. The first kappa shape index (κ1) is 33.3. The van der Waals surface area contributed by atoms with Crippen molar-refractivity contribution in [2.75, 3.05) is 26.2 Å². The van der Waals surface area contributed by atoms with Crippen LogP contribution in [0.1, 0.15) is 122 Å². The highest BCUT2D eigenvalue weighted by molar-refractivity contribution is 5.15. The molecule has 0 bridgehead atoms. The molecule has 0 saturated heterocycles. The number of rotatable bonds is 27. The molecule has 0 aromatic heterocycles. The average molecular weight is 510 g/mol. The van der Waals surface area contributed by atoms with Crippen molar-refractivity contribution in [3.63, 3.8) is 0 Å². The summed E-state index contributed by atoms with van der Waals surface area (Å²) in [6.45, 7) is 10.9. The second-order valence-electron chi connectivity index (χ2n) is 10.7. The Kier molecular flexibility index (Phi) is 23.3. The molecule has 0 radical (unpaired) electrons. The molecule has 0 spiro atoms. The SMILES string of the molecule is C#CCCCCCCCCCCCCCNC(CC)CCCNCCCNC(=C)CCc1ccccc1. The van der Waals surface area contributed by atoms with Crippen LogP contribution in [-0.2, 0) is 6.42 Å². The molecule has 1 aromatic rings. The first-order chi connectivity index (χ1) is 18.3. The zero-order valence-electron chi connectivity index (χ0n) is 24.3. The monoisotopic (exact) mass is 509 g/mol. The summed E-state index contributed by atoms with van der Waals surface area (Å²) in [5.41, 5.74) is 2.53. The molecule has 3 heteroatoms. The van der Waals surface area contributed by atoms with Crippen LogP contribution in [-0.4, -0.2) is 32.2 Å². The van der Waals surface area contributed by atoms with Gasteiger partial charge in [-0.25, -0.2) is 0 Å². The molecule has 0 saturated carbocycles. The quantitative estimate of drug-likeness (QED) is 0.0827. The minimum Gasteiger partial charge on any atom is -0.389 e. The Morgan fingerprint density at radius 1 is 0.784 bits per heavy atom. The van der Waals surface area contributed by atoms with Crippen molar-refractivity contribution in [3.05, 3.63) is 48.2 Å². The van der Waals surface area contributed by atoms with Crippen molar-refractivity contribution in [1.29, 1.82) is 0 Å². The van der Waals surface area contributed by atoms with Gasteiger partial charge >= 0.3 is 0 Å². The van der Waals surface area contributed by atoms with Gasteiger partial charge in [0.1, 0.15) is 0 Å². The van der Waals surface area contributed by atoms with E-state index in [9.17, 15) is 0 Å². The van der Waals surface area contributed by atoms with E-state index < -0.39 is 0 Å². The van der Waals surface area contributed by atoms with Gasteiger partial charge in [-0.05, 0) is 76.6 Å². The van der Waals surface area contributed by atoms with Crippen LogP contribution in [0.15, 0.2) is 42.6 Å². The number of hydrogen-bond acceptors (Lipinski definition) is 3. The normalized spacial score (nSPS) is 11.8. The van der Waals surface area contributed by atoms with Gasteiger partial charge in [0.25, 0.3) is 0 Å². The molecule has 0 heterocycles. The van der Waals surface area contributed by atoms with Gasteiger partial charge in [0.2, 0.25) is 0 Å². The lowest BCUT2D eigenvalue weighted by molar-refractivity contribution is 0.436. The fourth-order valence-electron chi connectivity index (χ4n) is 4.81. The molecule has 1 atom stereocenters. The summed E-state index contributed by atoms with van der Waals surface area (Å²) in [4.78, 5) is 0. The van der Waals surface area contributed by atoms with Crippen LogP contribution in [0, 0.1) is 12.3 Å². The molecule has 1 rings (SSSR count). The highest BCUT2D eigenvalue weighted by Gasteiger charge is 2.04. The average Bonchev–Trinajstić information content (AvgIpc) is 2.92. The maximum Gasteiger partial charge on any atom is 0.0155 e. The fourth-order valence-corrected chi connectivity index (χ4v) is 4.81. The van der Waals surface area contributed by atoms with Crippen molar-refractivity contribution >= 4 is 0 Å². The van der Waals surface area contributed by atoms with Crippen molar-refractivity contribution in [2.45, 2.75) is 129 Å². The minimum absolute atomic E-state index is 0.678. The summed E-state index contributed by atoms with van der Waals surface area (Å²) in [6.07, 6.45) is 28.3. The molecule has 37 heavy (non-hydrogen) atoms. The van der Waals surface area contributed by atoms with Crippen molar-refractivity contribution < 1.29 is 0 Å². The molecule has 0 aliphatic rings. The Balaban J connectivity index is 1.82. The van der Waals surface area contributed by atoms with E-state index >= 15 is 0 Å².